The quantitative estimate of drug-likeness (QED) is 0.0440. The van der Waals surface area contributed by atoms with Gasteiger partial charge in [-0.1, -0.05) is 137 Å². The summed E-state index contributed by atoms with van der Waals surface area (Å²) in [6.07, 6.45) is 53.2. The topological polar surface area (TPSA) is 72.8 Å². The Kier molecular flexibility index (Phi) is 35.7. The largest absolute Gasteiger partial charge is 0.462 e. The lowest BCUT2D eigenvalue weighted by molar-refractivity contribution is -0.161. The van der Waals surface area contributed by atoms with E-state index in [4.69, 9.17) is 9.47 Å². The van der Waals surface area contributed by atoms with Crippen LogP contribution in [0.1, 0.15) is 142 Å². The van der Waals surface area contributed by atoms with E-state index in [1.807, 2.05) is 0 Å². The van der Waals surface area contributed by atoms with Crippen LogP contribution in [0.5, 0.6) is 0 Å². The molecule has 0 spiro atoms. The van der Waals surface area contributed by atoms with Crippen LogP contribution < -0.4 is 0 Å². The van der Waals surface area contributed by atoms with Gasteiger partial charge in [-0.15, -0.1) is 0 Å². The summed E-state index contributed by atoms with van der Waals surface area (Å²) >= 11 is 0. The highest BCUT2D eigenvalue weighted by Crippen LogP contribution is 2.09. The molecule has 1 atom stereocenters. The Balaban J connectivity index is 3.76. The lowest BCUT2D eigenvalue weighted by atomic mass is 10.1. The average Bonchev–Trinajstić information content (AvgIpc) is 3.09. The first-order chi connectivity index (χ1) is 23.6. The van der Waals surface area contributed by atoms with Crippen LogP contribution >= 0.6 is 0 Å². The lowest BCUT2D eigenvalue weighted by Crippen LogP contribution is -2.28. The molecule has 0 saturated heterocycles. The summed E-state index contributed by atoms with van der Waals surface area (Å²) in [7, 11) is 0. The van der Waals surface area contributed by atoms with Crippen molar-refractivity contribution < 1.29 is 24.2 Å². The highest BCUT2D eigenvalue weighted by atomic mass is 16.6. The molecular formula is C43H68O5. The van der Waals surface area contributed by atoms with Crippen LogP contribution in [0.2, 0.25) is 0 Å². The van der Waals surface area contributed by atoms with E-state index in [9.17, 15) is 14.7 Å². The fourth-order valence-corrected chi connectivity index (χ4v) is 4.53. The highest BCUT2D eigenvalue weighted by molar-refractivity contribution is 5.70. The Bertz CT molecular complexity index is 979. The SMILES string of the molecule is CCC=CCC=CCC=CCC=CCC=CCCCC(=O)OC[C@H](CO)OC(=O)CCCCCCC=CCC=CCC=CCCCCC. The molecule has 0 radical (unpaired) electrons. The van der Waals surface area contributed by atoms with Crippen LogP contribution in [-0.2, 0) is 19.1 Å². The van der Waals surface area contributed by atoms with E-state index in [0.717, 1.165) is 83.5 Å². The van der Waals surface area contributed by atoms with Gasteiger partial charge in [0, 0.05) is 12.8 Å². The van der Waals surface area contributed by atoms with Gasteiger partial charge in [-0.25, -0.2) is 0 Å². The number of hydrogen-bond donors (Lipinski definition) is 1. The number of ether oxygens (including phenoxy) is 2. The molecule has 5 nitrogen and oxygen atoms in total. The third-order valence-electron chi connectivity index (χ3n) is 7.36. The number of allylic oxidation sites excluding steroid dienone is 16. The molecule has 0 heterocycles. The predicted molar refractivity (Wildman–Crippen MR) is 205 cm³/mol. The second-order valence-corrected chi connectivity index (χ2v) is 11.9. The zero-order chi connectivity index (χ0) is 35.0. The Hall–Kier alpha value is -3.18. The smallest absolute Gasteiger partial charge is 0.306 e. The van der Waals surface area contributed by atoms with Gasteiger partial charge >= 0.3 is 11.9 Å². The van der Waals surface area contributed by atoms with Crippen molar-refractivity contribution in [3.8, 4) is 0 Å². The van der Waals surface area contributed by atoms with Crippen molar-refractivity contribution in [2.24, 2.45) is 0 Å². The molecule has 0 aromatic heterocycles. The van der Waals surface area contributed by atoms with Crippen LogP contribution in [0.4, 0.5) is 0 Å². The third kappa shape index (κ3) is 35.7. The minimum Gasteiger partial charge on any atom is -0.462 e. The summed E-state index contributed by atoms with van der Waals surface area (Å²) in [5.74, 6) is -0.696. The van der Waals surface area contributed by atoms with E-state index in [2.05, 4.69) is 111 Å². The normalized spacial score (nSPS) is 13.3. The molecule has 0 aliphatic carbocycles. The van der Waals surface area contributed by atoms with Crippen LogP contribution in [0.3, 0.4) is 0 Å². The Morgan fingerprint density at radius 2 is 0.917 bits per heavy atom. The molecule has 1 N–H and O–H groups in total. The van der Waals surface area contributed by atoms with E-state index in [1.165, 1.54) is 25.7 Å². The van der Waals surface area contributed by atoms with Crippen molar-refractivity contribution in [1.29, 1.82) is 0 Å². The standard InChI is InChI=1S/C43H68O5/c1-3-5-7-9-11-13-15-17-19-21-23-25-27-29-31-33-35-37-42(45)47-40-41(39-44)48-43(46)38-36-34-32-30-28-26-24-22-20-18-16-14-12-10-8-6-4-2/h5,7,11-14,17-20,23-26,29,31,41,44H,3-4,6,8-10,15-16,21-22,27-28,30,32-40H2,1-2H3/t41-/m0/s1. The van der Waals surface area contributed by atoms with Gasteiger partial charge in [0.15, 0.2) is 6.10 Å². The van der Waals surface area contributed by atoms with E-state index in [0.29, 0.717) is 19.3 Å². The number of aliphatic hydroxyl groups is 1. The minimum atomic E-state index is -0.812. The molecule has 48 heavy (non-hydrogen) atoms. The van der Waals surface area contributed by atoms with Crippen molar-refractivity contribution in [2.75, 3.05) is 13.2 Å². The molecule has 0 saturated carbocycles. The van der Waals surface area contributed by atoms with Crippen molar-refractivity contribution in [3.63, 3.8) is 0 Å². The maximum atomic E-state index is 12.1. The number of esters is 2. The van der Waals surface area contributed by atoms with Gasteiger partial charge in [0.1, 0.15) is 6.61 Å². The van der Waals surface area contributed by atoms with E-state index < -0.39 is 6.10 Å². The minimum absolute atomic E-state index is 0.111. The molecule has 0 amide bonds. The Labute approximate surface area is 294 Å². The number of unbranched alkanes of at least 4 members (excludes halogenated alkanes) is 8. The zero-order valence-corrected chi connectivity index (χ0v) is 30.5. The summed E-state index contributed by atoms with van der Waals surface area (Å²) in [6, 6.07) is 0. The fraction of sp³-hybridized carbons (Fsp3) is 0.581. The lowest BCUT2D eigenvalue weighted by Gasteiger charge is -2.15. The van der Waals surface area contributed by atoms with Gasteiger partial charge in [-0.2, -0.15) is 0 Å². The first kappa shape index (κ1) is 44.8. The van der Waals surface area contributed by atoms with Crippen LogP contribution in [0.15, 0.2) is 97.2 Å². The number of aliphatic hydroxyl groups excluding tert-OH is 1. The van der Waals surface area contributed by atoms with Gasteiger partial charge in [0.05, 0.1) is 6.61 Å². The molecule has 0 aromatic carbocycles. The summed E-state index contributed by atoms with van der Waals surface area (Å²) in [6.45, 7) is 3.90. The maximum absolute atomic E-state index is 12.1. The molecule has 0 fully saturated rings. The molecule has 0 aromatic rings. The summed E-state index contributed by atoms with van der Waals surface area (Å²) in [4.78, 5) is 24.2. The van der Waals surface area contributed by atoms with Crippen LogP contribution in [0, 0.1) is 0 Å². The molecule has 0 unspecified atom stereocenters. The molecule has 0 aliphatic heterocycles. The number of rotatable bonds is 32. The van der Waals surface area contributed by atoms with Gasteiger partial charge in [-0.05, 0) is 89.9 Å². The van der Waals surface area contributed by atoms with Crippen molar-refractivity contribution in [2.45, 2.75) is 148 Å². The van der Waals surface area contributed by atoms with Crippen molar-refractivity contribution in [3.05, 3.63) is 97.2 Å². The summed E-state index contributed by atoms with van der Waals surface area (Å²) in [5, 5.41) is 9.54. The predicted octanol–water partition coefficient (Wildman–Crippen LogP) is 11.7. The molecule has 0 bridgehead atoms. The zero-order valence-electron chi connectivity index (χ0n) is 30.5. The monoisotopic (exact) mass is 665 g/mol. The van der Waals surface area contributed by atoms with E-state index in [-0.39, 0.29) is 25.2 Å². The number of hydrogen-bond acceptors (Lipinski definition) is 5. The van der Waals surface area contributed by atoms with Gasteiger partial charge in [0.2, 0.25) is 0 Å². The van der Waals surface area contributed by atoms with E-state index >= 15 is 0 Å². The molecular weight excluding hydrogens is 596 g/mol. The fourth-order valence-electron chi connectivity index (χ4n) is 4.53. The third-order valence-corrected chi connectivity index (χ3v) is 7.36. The molecule has 270 valence electrons. The summed E-state index contributed by atoms with van der Waals surface area (Å²) < 4.78 is 10.5. The van der Waals surface area contributed by atoms with Crippen molar-refractivity contribution in [1.82, 2.24) is 0 Å². The first-order valence-corrected chi connectivity index (χ1v) is 18.8. The summed E-state index contributed by atoms with van der Waals surface area (Å²) in [5.41, 5.74) is 0. The molecule has 0 aliphatic rings. The van der Waals surface area contributed by atoms with Gasteiger partial charge in [-0.3, -0.25) is 9.59 Å². The average molecular weight is 665 g/mol. The molecule has 5 heteroatoms. The van der Waals surface area contributed by atoms with Gasteiger partial charge < -0.3 is 14.6 Å². The van der Waals surface area contributed by atoms with Gasteiger partial charge in [0.25, 0.3) is 0 Å². The highest BCUT2D eigenvalue weighted by Gasteiger charge is 2.15. The second kappa shape index (κ2) is 38.3. The van der Waals surface area contributed by atoms with Crippen LogP contribution in [0.25, 0.3) is 0 Å². The number of carbonyl (C=O) groups is 2. The van der Waals surface area contributed by atoms with Crippen LogP contribution in [-0.4, -0.2) is 36.4 Å². The van der Waals surface area contributed by atoms with Crippen molar-refractivity contribution >= 4 is 11.9 Å². The Morgan fingerprint density at radius 1 is 0.500 bits per heavy atom. The maximum Gasteiger partial charge on any atom is 0.306 e. The van der Waals surface area contributed by atoms with E-state index in [1.54, 1.807) is 0 Å². The Morgan fingerprint density at radius 3 is 1.40 bits per heavy atom. The second-order valence-electron chi connectivity index (χ2n) is 11.9. The first-order valence-electron chi connectivity index (χ1n) is 18.8. The number of carbonyl (C=O) groups excluding carboxylic acids is 2. The molecule has 0 rings (SSSR count).